The molecule has 2 heterocycles. The van der Waals surface area contributed by atoms with E-state index in [2.05, 4.69) is 10.3 Å². The van der Waals surface area contributed by atoms with Crippen LogP contribution >= 0.6 is 34.7 Å². The van der Waals surface area contributed by atoms with Crippen molar-refractivity contribution in [1.29, 1.82) is 0 Å². The molecule has 8 heteroatoms. The molecule has 0 aliphatic heterocycles. The Morgan fingerprint density at radius 3 is 2.79 bits per heavy atom. The second kappa shape index (κ2) is 8.94. The van der Waals surface area contributed by atoms with Gasteiger partial charge in [0.15, 0.2) is 5.82 Å². The van der Waals surface area contributed by atoms with Gasteiger partial charge in [-0.1, -0.05) is 18.5 Å². The van der Waals surface area contributed by atoms with Crippen molar-refractivity contribution in [1.82, 2.24) is 4.98 Å². The minimum absolute atomic E-state index is 0.193. The molecule has 3 aromatic rings. The third-order valence-corrected chi connectivity index (χ3v) is 6.01. The predicted octanol–water partition coefficient (Wildman–Crippen LogP) is 6.28. The zero-order valence-corrected chi connectivity index (χ0v) is 17.9. The maximum atomic E-state index is 14.4. The third-order valence-electron chi connectivity index (χ3n) is 3.89. The first-order valence-corrected chi connectivity index (χ1v) is 10.6. The van der Waals surface area contributed by atoms with Gasteiger partial charge in [0, 0.05) is 32.1 Å². The van der Waals surface area contributed by atoms with Crippen LogP contribution in [-0.2, 0) is 0 Å². The van der Waals surface area contributed by atoms with Crippen LogP contribution in [0.4, 0.5) is 10.1 Å². The number of pyridine rings is 1. The maximum absolute atomic E-state index is 14.4. The van der Waals surface area contributed by atoms with Crippen LogP contribution in [-0.4, -0.2) is 23.8 Å². The average Bonchev–Trinajstić information content (AvgIpc) is 3.03. The molecule has 4 nitrogen and oxygen atoms in total. The summed E-state index contributed by atoms with van der Waals surface area (Å²) in [4.78, 5) is 19.1. The molecule has 2 aromatic heterocycles. The Morgan fingerprint density at radius 1 is 1.32 bits per heavy atom. The van der Waals surface area contributed by atoms with Crippen LogP contribution in [0.15, 0.2) is 41.4 Å². The van der Waals surface area contributed by atoms with Crippen molar-refractivity contribution in [2.24, 2.45) is 0 Å². The van der Waals surface area contributed by atoms with E-state index in [1.165, 1.54) is 30.7 Å². The Morgan fingerprint density at radius 2 is 2.11 bits per heavy atom. The van der Waals surface area contributed by atoms with E-state index in [4.69, 9.17) is 16.3 Å². The standard InChI is InChI=1S/C20H18ClFN2O2S2/c1-4-27-15-6-12(21)5-13(7-15)24-20(25)18-9-16(11(2)28-18)19-17(22)8-14(26-3)10-23-19/h5-10H,4H2,1-3H3,(H,24,25). The molecule has 0 saturated carbocycles. The lowest BCUT2D eigenvalue weighted by molar-refractivity contribution is 0.103. The first-order valence-electron chi connectivity index (χ1n) is 8.46. The van der Waals surface area contributed by atoms with Gasteiger partial charge >= 0.3 is 0 Å². The first kappa shape index (κ1) is 20.6. The zero-order valence-electron chi connectivity index (χ0n) is 15.5. The highest BCUT2D eigenvalue weighted by molar-refractivity contribution is 7.99. The maximum Gasteiger partial charge on any atom is 0.265 e. The minimum Gasteiger partial charge on any atom is -0.495 e. The highest BCUT2D eigenvalue weighted by Crippen LogP contribution is 2.33. The molecule has 0 saturated heterocycles. The van der Waals surface area contributed by atoms with Crippen molar-refractivity contribution in [3.63, 3.8) is 0 Å². The number of carbonyl (C=O) groups excluding carboxylic acids is 1. The van der Waals surface area contributed by atoms with E-state index in [9.17, 15) is 9.18 Å². The van der Waals surface area contributed by atoms with Gasteiger partial charge in [0.25, 0.3) is 5.91 Å². The number of carbonyl (C=O) groups is 1. The monoisotopic (exact) mass is 436 g/mol. The van der Waals surface area contributed by atoms with Gasteiger partial charge in [-0.25, -0.2) is 9.37 Å². The fraction of sp³-hybridized carbons (Fsp3) is 0.200. The number of halogens is 2. The summed E-state index contributed by atoms with van der Waals surface area (Å²) < 4.78 is 19.4. The summed E-state index contributed by atoms with van der Waals surface area (Å²) in [5.41, 5.74) is 1.40. The van der Waals surface area contributed by atoms with Gasteiger partial charge in [-0.3, -0.25) is 4.79 Å². The summed E-state index contributed by atoms with van der Waals surface area (Å²) in [5.74, 6) is 0.474. The van der Waals surface area contributed by atoms with Gasteiger partial charge in [0.1, 0.15) is 11.4 Å². The lowest BCUT2D eigenvalue weighted by atomic mass is 10.1. The molecule has 1 N–H and O–H groups in total. The van der Waals surface area contributed by atoms with E-state index >= 15 is 0 Å². The first-order chi connectivity index (χ1) is 13.4. The lowest BCUT2D eigenvalue weighted by Crippen LogP contribution is -2.10. The molecule has 1 aromatic carbocycles. The number of nitrogens with zero attached hydrogens (tertiary/aromatic N) is 1. The fourth-order valence-corrected chi connectivity index (χ4v) is 4.61. The van der Waals surface area contributed by atoms with Gasteiger partial charge in [-0.15, -0.1) is 23.1 Å². The van der Waals surface area contributed by atoms with Crippen molar-refractivity contribution in [2.75, 3.05) is 18.2 Å². The molecule has 0 spiro atoms. The van der Waals surface area contributed by atoms with Crippen LogP contribution < -0.4 is 10.1 Å². The summed E-state index contributed by atoms with van der Waals surface area (Å²) in [6.45, 7) is 3.88. The number of anilines is 1. The average molecular weight is 437 g/mol. The molecule has 0 aliphatic rings. The molecular formula is C20H18ClFN2O2S2. The van der Waals surface area contributed by atoms with Crippen LogP contribution in [0.1, 0.15) is 21.5 Å². The second-order valence-corrected chi connectivity index (χ2v) is 8.88. The predicted molar refractivity (Wildman–Crippen MR) is 115 cm³/mol. The quantitative estimate of drug-likeness (QED) is 0.462. The van der Waals surface area contributed by atoms with Crippen molar-refractivity contribution < 1.29 is 13.9 Å². The normalized spacial score (nSPS) is 10.8. The van der Waals surface area contributed by atoms with Crippen molar-refractivity contribution >= 4 is 46.3 Å². The van der Waals surface area contributed by atoms with Crippen LogP contribution in [0, 0.1) is 12.7 Å². The van der Waals surface area contributed by atoms with Crippen LogP contribution in [0.2, 0.25) is 5.02 Å². The van der Waals surface area contributed by atoms with E-state index in [1.54, 1.807) is 23.9 Å². The summed E-state index contributed by atoms with van der Waals surface area (Å²) in [7, 11) is 1.45. The Balaban J connectivity index is 1.86. The molecule has 28 heavy (non-hydrogen) atoms. The lowest BCUT2D eigenvalue weighted by Gasteiger charge is -2.07. The van der Waals surface area contributed by atoms with Crippen LogP contribution in [0.5, 0.6) is 5.75 Å². The molecule has 0 bridgehead atoms. The molecule has 0 radical (unpaired) electrons. The highest BCUT2D eigenvalue weighted by atomic mass is 35.5. The molecule has 0 atom stereocenters. The third kappa shape index (κ3) is 4.66. The van der Waals surface area contributed by atoms with Crippen molar-refractivity contribution in [2.45, 2.75) is 18.7 Å². The number of thiophene rings is 1. The fourth-order valence-electron chi connectivity index (χ4n) is 2.64. The van der Waals surface area contributed by atoms with Gasteiger partial charge in [0.05, 0.1) is 18.2 Å². The topological polar surface area (TPSA) is 51.2 Å². The van der Waals surface area contributed by atoms with Crippen molar-refractivity contribution in [3.8, 4) is 17.0 Å². The van der Waals surface area contributed by atoms with Gasteiger partial charge in [-0.2, -0.15) is 0 Å². The number of amides is 1. The van der Waals surface area contributed by atoms with Crippen molar-refractivity contribution in [3.05, 3.63) is 57.1 Å². The molecule has 1 amide bonds. The summed E-state index contributed by atoms with van der Waals surface area (Å²) >= 11 is 9.07. The molecule has 146 valence electrons. The number of methoxy groups -OCH3 is 1. The number of benzene rings is 1. The molecule has 0 fully saturated rings. The smallest absolute Gasteiger partial charge is 0.265 e. The largest absolute Gasteiger partial charge is 0.495 e. The Bertz CT molecular complexity index is 1020. The molecular weight excluding hydrogens is 419 g/mol. The number of aromatic nitrogens is 1. The Kier molecular flexibility index (Phi) is 6.59. The molecule has 0 unspecified atom stereocenters. The SMILES string of the molecule is CCSc1cc(Cl)cc(NC(=O)c2cc(-c3ncc(OC)cc3F)c(C)s2)c1. The number of hydrogen-bond donors (Lipinski definition) is 1. The van der Waals surface area contributed by atoms with Gasteiger partial charge in [-0.05, 0) is 36.9 Å². The molecule has 3 rings (SSSR count). The Labute approximate surface area is 176 Å². The van der Waals surface area contributed by atoms with E-state index in [0.717, 1.165) is 15.5 Å². The van der Waals surface area contributed by atoms with E-state index < -0.39 is 5.82 Å². The molecule has 0 aliphatic carbocycles. The number of ether oxygens (including phenoxy) is 1. The second-order valence-electron chi connectivity index (χ2n) is 5.85. The van der Waals surface area contributed by atoms with E-state index in [1.807, 2.05) is 26.0 Å². The number of thioether (sulfide) groups is 1. The van der Waals surface area contributed by atoms with E-state index in [-0.39, 0.29) is 11.6 Å². The number of hydrogen-bond acceptors (Lipinski definition) is 5. The number of aryl methyl sites for hydroxylation is 1. The van der Waals surface area contributed by atoms with Gasteiger partial charge < -0.3 is 10.1 Å². The summed E-state index contributed by atoms with van der Waals surface area (Å²) in [6.07, 6.45) is 1.45. The Hall–Kier alpha value is -2.09. The van der Waals surface area contributed by atoms with E-state index in [0.29, 0.717) is 26.9 Å². The van der Waals surface area contributed by atoms with Gasteiger partial charge in [0.2, 0.25) is 0 Å². The minimum atomic E-state index is -0.497. The summed E-state index contributed by atoms with van der Waals surface area (Å²) in [6, 6.07) is 8.36. The number of rotatable bonds is 6. The zero-order chi connectivity index (χ0) is 20.3. The number of nitrogens with one attached hydrogen (secondary N) is 1. The highest BCUT2D eigenvalue weighted by Gasteiger charge is 2.18. The van der Waals surface area contributed by atoms with Crippen LogP contribution in [0.25, 0.3) is 11.3 Å². The summed E-state index contributed by atoms with van der Waals surface area (Å²) in [5, 5.41) is 3.42. The van der Waals surface area contributed by atoms with Crippen LogP contribution in [0.3, 0.4) is 0 Å².